The van der Waals surface area contributed by atoms with E-state index in [0.717, 1.165) is 13.1 Å². The van der Waals surface area contributed by atoms with Crippen LogP contribution in [-0.4, -0.2) is 53.0 Å². The van der Waals surface area contributed by atoms with E-state index in [9.17, 15) is 4.79 Å². The molecule has 1 aromatic rings. The fourth-order valence-electron chi connectivity index (χ4n) is 2.18. The zero-order valence-electron chi connectivity index (χ0n) is 10.7. The number of aliphatic hydroxyl groups is 1. The number of rotatable bonds is 4. The number of nitrogens with zero attached hydrogens (tertiary/aromatic N) is 2. The van der Waals surface area contributed by atoms with Crippen LogP contribution in [0.2, 0.25) is 0 Å². The van der Waals surface area contributed by atoms with Gasteiger partial charge < -0.3 is 14.4 Å². The molecule has 5 nitrogen and oxygen atoms in total. The van der Waals surface area contributed by atoms with Crippen molar-refractivity contribution in [1.82, 2.24) is 9.47 Å². The van der Waals surface area contributed by atoms with Crippen LogP contribution in [0.4, 0.5) is 0 Å². The molecule has 0 aliphatic carbocycles. The Bertz CT molecular complexity index is 432. The molecule has 2 atom stereocenters. The number of aromatic nitrogens is 1. The Hall–Kier alpha value is -1.17. The monoisotopic (exact) mass is 252 g/mol. The molecule has 2 unspecified atom stereocenters. The fraction of sp³-hybridized carbons (Fsp3) is 0.615. The summed E-state index contributed by atoms with van der Waals surface area (Å²) in [6, 6.07) is 5.50. The lowest BCUT2D eigenvalue weighted by Gasteiger charge is -2.37. The van der Waals surface area contributed by atoms with E-state index in [1.165, 1.54) is 0 Å². The van der Waals surface area contributed by atoms with Gasteiger partial charge in [-0.1, -0.05) is 6.07 Å². The van der Waals surface area contributed by atoms with Crippen molar-refractivity contribution in [3.05, 3.63) is 34.7 Å². The van der Waals surface area contributed by atoms with Gasteiger partial charge in [-0.15, -0.1) is 0 Å². The SMILES string of the molecule is CC1COC(CO)CN1CCn1ccccc1=O. The van der Waals surface area contributed by atoms with Gasteiger partial charge in [0.05, 0.1) is 19.3 Å². The van der Waals surface area contributed by atoms with Gasteiger partial charge in [-0.25, -0.2) is 0 Å². The minimum Gasteiger partial charge on any atom is -0.394 e. The highest BCUT2D eigenvalue weighted by Crippen LogP contribution is 2.11. The highest BCUT2D eigenvalue weighted by atomic mass is 16.5. The smallest absolute Gasteiger partial charge is 0.250 e. The first-order chi connectivity index (χ1) is 8.70. The Morgan fingerprint density at radius 1 is 1.44 bits per heavy atom. The Morgan fingerprint density at radius 2 is 2.28 bits per heavy atom. The van der Waals surface area contributed by atoms with Crippen LogP contribution in [0.5, 0.6) is 0 Å². The first-order valence-corrected chi connectivity index (χ1v) is 6.32. The summed E-state index contributed by atoms with van der Waals surface area (Å²) in [7, 11) is 0. The lowest BCUT2D eigenvalue weighted by atomic mass is 10.2. The third kappa shape index (κ3) is 3.19. The van der Waals surface area contributed by atoms with E-state index in [1.807, 2.05) is 6.07 Å². The summed E-state index contributed by atoms with van der Waals surface area (Å²) in [4.78, 5) is 13.8. The average molecular weight is 252 g/mol. The van der Waals surface area contributed by atoms with Gasteiger partial charge in [-0.3, -0.25) is 9.69 Å². The summed E-state index contributed by atoms with van der Waals surface area (Å²) < 4.78 is 7.19. The van der Waals surface area contributed by atoms with Gasteiger partial charge in [0, 0.05) is 37.9 Å². The first kappa shape index (κ1) is 13.3. The summed E-state index contributed by atoms with van der Waals surface area (Å²) in [6.07, 6.45) is 1.70. The third-order valence-electron chi connectivity index (χ3n) is 3.37. The summed E-state index contributed by atoms with van der Waals surface area (Å²) in [5, 5.41) is 9.12. The van der Waals surface area contributed by atoms with E-state index in [0.29, 0.717) is 19.2 Å². The van der Waals surface area contributed by atoms with E-state index in [-0.39, 0.29) is 18.3 Å². The van der Waals surface area contributed by atoms with E-state index >= 15 is 0 Å². The van der Waals surface area contributed by atoms with Crippen LogP contribution in [0.3, 0.4) is 0 Å². The largest absolute Gasteiger partial charge is 0.394 e. The predicted molar refractivity (Wildman–Crippen MR) is 68.6 cm³/mol. The maximum absolute atomic E-state index is 11.6. The molecule has 1 N–H and O–H groups in total. The Balaban J connectivity index is 1.93. The highest BCUT2D eigenvalue weighted by Gasteiger charge is 2.25. The molecular formula is C13H20N2O3. The van der Waals surface area contributed by atoms with Gasteiger partial charge in [-0.2, -0.15) is 0 Å². The van der Waals surface area contributed by atoms with Crippen molar-refractivity contribution < 1.29 is 9.84 Å². The maximum Gasteiger partial charge on any atom is 0.250 e. The van der Waals surface area contributed by atoms with Crippen molar-refractivity contribution in [3.63, 3.8) is 0 Å². The minimum atomic E-state index is -0.103. The Labute approximate surface area is 107 Å². The van der Waals surface area contributed by atoms with E-state index in [4.69, 9.17) is 9.84 Å². The molecule has 1 aliphatic rings. The molecule has 2 rings (SSSR count). The molecule has 1 aromatic heterocycles. The molecule has 0 saturated carbocycles. The normalized spacial score (nSPS) is 25.2. The molecular weight excluding hydrogens is 232 g/mol. The van der Waals surface area contributed by atoms with Crippen molar-refractivity contribution in [2.45, 2.75) is 25.6 Å². The van der Waals surface area contributed by atoms with Gasteiger partial charge in [0.15, 0.2) is 0 Å². The van der Waals surface area contributed by atoms with Crippen LogP contribution in [0.1, 0.15) is 6.92 Å². The van der Waals surface area contributed by atoms with Crippen molar-refractivity contribution >= 4 is 0 Å². The van der Waals surface area contributed by atoms with Crippen molar-refractivity contribution in [2.24, 2.45) is 0 Å². The second kappa shape index (κ2) is 6.13. The predicted octanol–water partition coefficient (Wildman–Crippen LogP) is -0.0701. The number of ether oxygens (including phenoxy) is 1. The molecule has 2 heterocycles. The van der Waals surface area contributed by atoms with Gasteiger partial charge >= 0.3 is 0 Å². The van der Waals surface area contributed by atoms with Crippen LogP contribution in [0.25, 0.3) is 0 Å². The topological polar surface area (TPSA) is 54.7 Å². The van der Waals surface area contributed by atoms with Crippen LogP contribution in [0.15, 0.2) is 29.2 Å². The summed E-state index contributed by atoms with van der Waals surface area (Å²) >= 11 is 0. The number of hydrogen-bond donors (Lipinski definition) is 1. The minimum absolute atomic E-state index is 0.0251. The van der Waals surface area contributed by atoms with E-state index in [2.05, 4.69) is 11.8 Å². The number of hydrogen-bond acceptors (Lipinski definition) is 4. The quantitative estimate of drug-likeness (QED) is 0.815. The maximum atomic E-state index is 11.6. The summed E-state index contributed by atoms with van der Waals surface area (Å²) in [6.45, 7) is 4.97. The van der Waals surface area contributed by atoms with Crippen molar-refractivity contribution in [2.75, 3.05) is 26.3 Å². The Kier molecular flexibility index (Phi) is 4.52. The molecule has 0 radical (unpaired) electrons. The molecule has 0 aromatic carbocycles. The van der Waals surface area contributed by atoms with Gasteiger partial charge in [-0.05, 0) is 13.0 Å². The summed E-state index contributed by atoms with van der Waals surface area (Å²) in [5.74, 6) is 0. The fourth-order valence-corrected chi connectivity index (χ4v) is 2.18. The van der Waals surface area contributed by atoms with E-state index < -0.39 is 0 Å². The Morgan fingerprint density at radius 3 is 3.00 bits per heavy atom. The number of pyridine rings is 1. The van der Waals surface area contributed by atoms with Crippen molar-refractivity contribution in [3.8, 4) is 0 Å². The third-order valence-corrected chi connectivity index (χ3v) is 3.37. The van der Waals surface area contributed by atoms with Crippen LogP contribution in [0, 0.1) is 0 Å². The molecule has 100 valence electrons. The highest BCUT2D eigenvalue weighted by molar-refractivity contribution is 4.93. The lowest BCUT2D eigenvalue weighted by molar-refractivity contribution is -0.0784. The number of morpholine rings is 1. The molecule has 1 aliphatic heterocycles. The average Bonchev–Trinajstić information content (AvgIpc) is 2.39. The van der Waals surface area contributed by atoms with Crippen LogP contribution in [-0.2, 0) is 11.3 Å². The van der Waals surface area contributed by atoms with Gasteiger partial charge in [0.25, 0.3) is 5.56 Å². The lowest BCUT2D eigenvalue weighted by Crippen LogP contribution is -2.50. The molecule has 0 amide bonds. The number of aliphatic hydroxyl groups excluding tert-OH is 1. The van der Waals surface area contributed by atoms with Crippen LogP contribution < -0.4 is 5.56 Å². The van der Waals surface area contributed by atoms with Crippen molar-refractivity contribution in [1.29, 1.82) is 0 Å². The zero-order valence-corrected chi connectivity index (χ0v) is 10.7. The second-order valence-corrected chi connectivity index (χ2v) is 4.71. The van der Waals surface area contributed by atoms with Gasteiger partial charge in [0.1, 0.15) is 0 Å². The summed E-state index contributed by atoms with van der Waals surface area (Å²) in [5.41, 5.74) is 0.0251. The second-order valence-electron chi connectivity index (χ2n) is 4.71. The molecule has 0 spiro atoms. The molecule has 0 bridgehead atoms. The molecule has 1 fully saturated rings. The van der Waals surface area contributed by atoms with Gasteiger partial charge in [0.2, 0.25) is 0 Å². The first-order valence-electron chi connectivity index (χ1n) is 6.32. The zero-order chi connectivity index (χ0) is 13.0. The van der Waals surface area contributed by atoms with E-state index in [1.54, 1.807) is 22.9 Å². The van der Waals surface area contributed by atoms with Crippen LogP contribution >= 0.6 is 0 Å². The molecule has 5 heteroatoms. The molecule has 18 heavy (non-hydrogen) atoms. The standard InChI is InChI=1S/C13H20N2O3/c1-11-10-18-12(9-16)8-15(11)7-6-14-5-3-2-4-13(14)17/h2-5,11-12,16H,6-10H2,1H3. The molecule has 1 saturated heterocycles.